The van der Waals surface area contributed by atoms with Crippen LogP contribution in [0.15, 0.2) is 24.3 Å². The van der Waals surface area contributed by atoms with E-state index in [2.05, 4.69) is 5.32 Å². The van der Waals surface area contributed by atoms with Crippen molar-refractivity contribution in [2.24, 2.45) is 11.7 Å². The number of para-hydroxylation sites is 1. The number of alkyl halides is 3. The third kappa shape index (κ3) is 3.29. The van der Waals surface area contributed by atoms with E-state index >= 15 is 0 Å². The Kier molecular flexibility index (Phi) is 4.41. The molecule has 2 amide bonds. The normalized spacial score (nSPS) is 22.4. The molecule has 2 rings (SSSR count). The van der Waals surface area contributed by atoms with Gasteiger partial charge in [0.15, 0.2) is 0 Å². The average Bonchev–Trinajstić information content (AvgIpc) is 2.79. The third-order valence-electron chi connectivity index (χ3n) is 3.86. The first-order valence-electron chi connectivity index (χ1n) is 6.78. The summed E-state index contributed by atoms with van der Waals surface area (Å²) in [6, 6.07) is 4.27. The lowest BCUT2D eigenvalue weighted by Crippen LogP contribution is -2.44. The number of hydrogen-bond donors (Lipinski definition) is 2. The molecule has 4 nitrogen and oxygen atoms in total. The second-order valence-corrected chi connectivity index (χ2v) is 5.24. The van der Waals surface area contributed by atoms with Gasteiger partial charge in [-0.15, -0.1) is 0 Å². The molecule has 1 saturated heterocycles. The van der Waals surface area contributed by atoms with Crippen LogP contribution in [-0.4, -0.2) is 30.1 Å². The number of halogens is 3. The molecule has 116 valence electrons. The first-order chi connectivity index (χ1) is 9.84. The van der Waals surface area contributed by atoms with Gasteiger partial charge in [-0.1, -0.05) is 19.1 Å². The number of carbonyl (C=O) groups is 1. The van der Waals surface area contributed by atoms with E-state index in [-0.39, 0.29) is 17.6 Å². The van der Waals surface area contributed by atoms with Gasteiger partial charge in [0.05, 0.1) is 11.3 Å². The molecule has 0 spiro atoms. The molecule has 0 aromatic heterocycles. The molecular weight excluding hydrogens is 283 g/mol. The van der Waals surface area contributed by atoms with Gasteiger partial charge in [0, 0.05) is 19.1 Å². The first kappa shape index (κ1) is 15.6. The molecule has 1 fully saturated rings. The predicted octanol–water partition coefficient (Wildman–Crippen LogP) is 2.91. The van der Waals surface area contributed by atoms with Crippen LogP contribution < -0.4 is 11.1 Å². The molecular formula is C14H18F3N3O. The minimum Gasteiger partial charge on any atom is -0.328 e. The molecule has 1 aromatic rings. The molecule has 3 N–H and O–H groups in total. The number of nitrogens with one attached hydrogen (secondary N) is 1. The van der Waals surface area contributed by atoms with E-state index in [1.807, 2.05) is 6.92 Å². The molecule has 7 heteroatoms. The van der Waals surface area contributed by atoms with Gasteiger partial charge >= 0.3 is 12.2 Å². The smallest absolute Gasteiger partial charge is 0.328 e. The number of hydrogen-bond acceptors (Lipinski definition) is 2. The Balaban J connectivity index is 2.17. The lowest BCUT2D eigenvalue weighted by molar-refractivity contribution is -0.136. The minimum atomic E-state index is -4.50. The Morgan fingerprint density at radius 2 is 2.10 bits per heavy atom. The highest BCUT2D eigenvalue weighted by Gasteiger charge is 2.36. The van der Waals surface area contributed by atoms with Crippen molar-refractivity contribution >= 4 is 11.7 Å². The Labute approximate surface area is 121 Å². The topological polar surface area (TPSA) is 58.4 Å². The lowest BCUT2D eigenvalue weighted by atomic mass is 10.0. The molecule has 0 aliphatic carbocycles. The highest BCUT2D eigenvalue weighted by atomic mass is 19.4. The SMILES string of the molecule is CC1CCN(C(=O)Nc2ccccc2C(F)(F)F)C1CN. The average molecular weight is 301 g/mol. The summed E-state index contributed by atoms with van der Waals surface area (Å²) >= 11 is 0. The van der Waals surface area contributed by atoms with Gasteiger partial charge in [-0.05, 0) is 24.5 Å². The Morgan fingerprint density at radius 3 is 2.71 bits per heavy atom. The van der Waals surface area contributed by atoms with E-state index < -0.39 is 17.8 Å². The molecule has 0 radical (unpaired) electrons. The van der Waals surface area contributed by atoms with Crippen molar-refractivity contribution in [2.75, 3.05) is 18.4 Å². The Morgan fingerprint density at radius 1 is 1.43 bits per heavy atom. The van der Waals surface area contributed by atoms with Crippen molar-refractivity contribution in [3.8, 4) is 0 Å². The monoisotopic (exact) mass is 301 g/mol. The van der Waals surface area contributed by atoms with Crippen LogP contribution in [0.2, 0.25) is 0 Å². The van der Waals surface area contributed by atoms with Crippen molar-refractivity contribution in [2.45, 2.75) is 25.6 Å². The largest absolute Gasteiger partial charge is 0.418 e. The van der Waals surface area contributed by atoms with Crippen molar-refractivity contribution in [1.29, 1.82) is 0 Å². The Hall–Kier alpha value is -1.76. The van der Waals surface area contributed by atoms with E-state index in [9.17, 15) is 18.0 Å². The van der Waals surface area contributed by atoms with Crippen LogP contribution in [0.1, 0.15) is 18.9 Å². The van der Waals surface area contributed by atoms with E-state index in [1.165, 1.54) is 23.1 Å². The summed E-state index contributed by atoms with van der Waals surface area (Å²) in [7, 11) is 0. The fraction of sp³-hybridized carbons (Fsp3) is 0.500. The Bertz CT molecular complexity index is 518. The number of nitrogens with two attached hydrogens (primary N) is 1. The van der Waals surface area contributed by atoms with Crippen LogP contribution >= 0.6 is 0 Å². The number of amides is 2. The number of anilines is 1. The van der Waals surface area contributed by atoms with Crippen LogP contribution in [-0.2, 0) is 6.18 Å². The van der Waals surface area contributed by atoms with E-state index in [0.29, 0.717) is 13.1 Å². The molecule has 1 aliphatic heterocycles. The van der Waals surface area contributed by atoms with Gasteiger partial charge in [-0.3, -0.25) is 0 Å². The maximum atomic E-state index is 12.9. The first-order valence-corrected chi connectivity index (χ1v) is 6.78. The summed E-state index contributed by atoms with van der Waals surface area (Å²) in [5.74, 6) is 0.249. The predicted molar refractivity (Wildman–Crippen MR) is 73.8 cm³/mol. The lowest BCUT2D eigenvalue weighted by Gasteiger charge is -2.26. The molecule has 2 atom stereocenters. The van der Waals surface area contributed by atoms with E-state index in [0.717, 1.165) is 12.5 Å². The van der Waals surface area contributed by atoms with Crippen LogP contribution in [0.5, 0.6) is 0 Å². The highest BCUT2D eigenvalue weighted by molar-refractivity contribution is 5.90. The zero-order valence-corrected chi connectivity index (χ0v) is 11.7. The van der Waals surface area contributed by atoms with Crippen molar-refractivity contribution < 1.29 is 18.0 Å². The molecule has 0 bridgehead atoms. The van der Waals surface area contributed by atoms with Gasteiger partial charge in [-0.2, -0.15) is 13.2 Å². The maximum absolute atomic E-state index is 12.9. The zero-order valence-electron chi connectivity index (χ0n) is 11.7. The standard InChI is InChI=1S/C14H18F3N3O/c1-9-6-7-20(12(9)8-18)13(21)19-11-5-3-2-4-10(11)14(15,16)17/h2-5,9,12H,6-8,18H2,1H3,(H,19,21). The summed E-state index contributed by atoms with van der Waals surface area (Å²) < 4.78 is 38.7. The fourth-order valence-electron chi connectivity index (χ4n) is 2.65. The number of rotatable bonds is 2. The number of benzene rings is 1. The van der Waals surface area contributed by atoms with Gasteiger partial charge in [0.2, 0.25) is 0 Å². The highest BCUT2D eigenvalue weighted by Crippen LogP contribution is 2.35. The number of likely N-dealkylation sites (tertiary alicyclic amines) is 1. The number of urea groups is 1. The van der Waals surface area contributed by atoms with Crippen LogP contribution in [0.25, 0.3) is 0 Å². The van der Waals surface area contributed by atoms with Crippen LogP contribution in [0, 0.1) is 5.92 Å². The number of nitrogens with zero attached hydrogens (tertiary/aromatic N) is 1. The van der Waals surface area contributed by atoms with Crippen molar-refractivity contribution in [1.82, 2.24) is 4.90 Å². The van der Waals surface area contributed by atoms with E-state index in [4.69, 9.17) is 5.73 Å². The summed E-state index contributed by atoms with van der Waals surface area (Å²) in [6.07, 6.45) is -3.70. The quantitative estimate of drug-likeness (QED) is 0.882. The molecule has 2 unspecified atom stereocenters. The van der Waals surface area contributed by atoms with Crippen LogP contribution in [0.3, 0.4) is 0 Å². The summed E-state index contributed by atoms with van der Waals surface area (Å²) in [5.41, 5.74) is 4.56. The van der Waals surface area contributed by atoms with Crippen molar-refractivity contribution in [3.63, 3.8) is 0 Å². The minimum absolute atomic E-state index is 0.136. The molecule has 1 aromatic carbocycles. The summed E-state index contributed by atoms with van der Waals surface area (Å²) in [4.78, 5) is 13.7. The second-order valence-electron chi connectivity index (χ2n) is 5.24. The number of carbonyl (C=O) groups excluding carboxylic acids is 1. The fourth-order valence-corrected chi connectivity index (χ4v) is 2.65. The third-order valence-corrected chi connectivity index (χ3v) is 3.86. The summed E-state index contributed by atoms with van der Waals surface area (Å²) in [6.45, 7) is 2.78. The van der Waals surface area contributed by atoms with E-state index in [1.54, 1.807) is 0 Å². The summed E-state index contributed by atoms with van der Waals surface area (Å²) in [5, 5.41) is 2.36. The zero-order chi connectivity index (χ0) is 15.6. The molecule has 1 aliphatic rings. The maximum Gasteiger partial charge on any atom is 0.418 e. The van der Waals surface area contributed by atoms with Gasteiger partial charge < -0.3 is 16.0 Å². The van der Waals surface area contributed by atoms with Gasteiger partial charge in [0.1, 0.15) is 0 Å². The van der Waals surface area contributed by atoms with Gasteiger partial charge in [0.25, 0.3) is 0 Å². The van der Waals surface area contributed by atoms with Crippen molar-refractivity contribution in [3.05, 3.63) is 29.8 Å². The van der Waals surface area contributed by atoms with Gasteiger partial charge in [-0.25, -0.2) is 4.79 Å². The van der Waals surface area contributed by atoms with Crippen LogP contribution in [0.4, 0.5) is 23.7 Å². The second kappa shape index (κ2) is 5.93. The molecule has 0 saturated carbocycles. The molecule has 1 heterocycles. The molecule has 21 heavy (non-hydrogen) atoms.